The van der Waals surface area contributed by atoms with Crippen LogP contribution in [0.15, 0.2) is 23.3 Å². The molecule has 0 unspecified atom stereocenters. The van der Waals surface area contributed by atoms with E-state index < -0.39 is 0 Å². The molecule has 1 fully saturated rings. The van der Waals surface area contributed by atoms with Crippen LogP contribution in [0.4, 0.5) is 0 Å². The summed E-state index contributed by atoms with van der Waals surface area (Å²) in [6, 6.07) is 1.82. The number of aromatic nitrogens is 6. The van der Waals surface area contributed by atoms with Crippen molar-refractivity contribution >= 4 is 11.6 Å². The number of carbonyl (C=O) groups is 1. The Morgan fingerprint density at radius 2 is 2.11 bits per heavy atom. The average Bonchev–Trinajstić information content (AvgIpc) is 3.29. The number of nitrogens with one attached hydrogen (secondary N) is 1. The molecule has 4 rings (SSSR count). The Bertz CT molecular complexity index is 1020. The Kier molecular flexibility index (Phi) is 4.51. The monoisotopic (exact) mass is 369 g/mol. The van der Waals surface area contributed by atoms with Gasteiger partial charge in [-0.25, -0.2) is 19.4 Å². The van der Waals surface area contributed by atoms with Crippen LogP contribution in [0.25, 0.3) is 5.65 Å². The molecule has 4 heterocycles. The predicted octanol–water partition coefficient (Wildman–Crippen LogP) is 1.04. The van der Waals surface area contributed by atoms with E-state index >= 15 is 0 Å². The molecule has 9 nitrogen and oxygen atoms in total. The summed E-state index contributed by atoms with van der Waals surface area (Å²) < 4.78 is 3.37. The van der Waals surface area contributed by atoms with Gasteiger partial charge in [-0.15, -0.1) is 0 Å². The van der Waals surface area contributed by atoms with Crippen molar-refractivity contribution < 1.29 is 4.79 Å². The van der Waals surface area contributed by atoms with Gasteiger partial charge in [-0.05, 0) is 32.6 Å². The van der Waals surface area contributed by atoms with Crippen LogP contribution in [0, 0.1) is 12.8 Å². The van der Waals surface area contributed by atoms with E-state index in [-0.39, 0.29) is 11.6 Å². The quantitative estimate of drug-likeness (QED) is 0.740. The number of H-pyrrole nitrogens is 1. The first kappa shape index (κ1) is 17.4. The van der Waals surface area contributed by atoms with E-state index in [9.17, 15) is 9.59 Å². The van der Waals surface area contributed by atoms with Crippen molar-refractivity contribution in [2.24, 2.45) is 5.92 Å². The molecule has 0 bridgehead atoms. The minimum atomic E-state index is -0.155. The topological polar surface area (TPSA) is 101 Å². The van der Waals surface area contributed by atoms with E-state index in [0.29, 0.717) is 31.1 Å². The minimum absolute atomic E-state index is 0.00101. The lowest BCUT2D eigenvalue weighted by molar-refractivity contribution is 0.0687. The molecule has 0 saturated carbocycles. The number of aromatic amines is 1. The second-order valence-electron chi connectivity index (χ2n) is 6.99. The van der Waals surface area contributed by atoms with Crippen LogP contribution in [0.1, 0.15) is 41.6 Å². The first-order chi connectivity index (χ1) is 13.1. The number of likely N-dealkylation sites (tertiary alicyclic amines) is 1. The highest BCUT2D eigenvalue weighted by atomic mass is 16.2. The molecule has 1 aliphatic rings. The van der Waals surface area contributed by atoms with Gasteiger partial charge in [0.2, 0.25) is 0 Å². The normalized spacial score (nSPS) is 15.6. The summed E-state index contributed by atoms with van der Waals surface area (Å²) >= 11 is 0. The van der Waals surface area contributed by atoms with Gasteiger partial charge in [-0.2, -0.15) is 10.2 Å². The number of hydrogen-bond acceptors (Lipinski definition) is 5. The summed E-state index contributed by atoms with van der Waals surface area (Å²) in [5.41, 5.74) is 1.98. The zero-order chi connectivity index (χ0) is 19.0. The zero-order valence-electron chi connectivity index (χ0n) is 15.6. The standard InChI is InChI=1S/C18H23N7O2/c1-3-24-16(21-22-18(24)27)10-13-5-8-23(9-6-13)17(26)14-11-19-15-4-7-20-25(15)12(14)2/h4,7,11,13H,3,5-6,8-10H2,1-2H3,(H,22,27). The van der Waals surface area contributed by atoms with Gasteiger partial charge in [0, 0.05) is 38.3 Å². The highest BCUT2D eigenvalue weighted by Gasteiger charge is 2.26. The number of nitrogens with zero attached hydrogens (tertiary/aromatic N) is 6. The Labute approximate surface area is 156 Å². The summed E-state index contributed by atoms with van der Waals surface area (Å²) in [6.07, 6.45) is 5.87. The number of amides is 1. The first-order valence-electron chi connectivity index (χ1n) is 9.31. The minimum Gasteiger partial charge on any atom is -0.339 e. The highest BCUT2D eigenvalue weighted by molar-refractivity contribution is 5.95. The number of carbonyl (C=O) groups excluding carboxylic acids is 1. The third-order valence-corrected chi connectivity index (χ3v) is 5.41. The molecule has 0 aromatic carbocycles. The molecule has 9 heteroatoms. The lowest BCUT2D eigenvalue weighted by Crippen LogP contribution is -2.39. The van der Waals surface area contributed by atoms with Crippen LogP contribution in [-0.2, 0) is 13.0 Å². The molecule has 0 radical (unpaired) electrons. The van der Waals surface area contributed by atoms with Crippen molar-refractivity contribution in [2.45, 2.75) is 39.7 Å². The van der Waals surface area contributed by atoms with Gasteiger partial charge >= 0.3 is 5.69 Å². The van der Waals surface area contributed by atoms with Crippen LogP contribution < -0.4 is 5.69 Å². The van der Waals surface area contributed by atoms with Crippen molar-refractivity contribution in [3.63, 3.8) is 0 Å². The van der Waals surface area contributed by atoms with Crippen molar-refractivity contribution in [1.82, 2.24) is 34.3 Å². The molecule has 0 atom stereocenters. The van der Waals surface area contributed by atoms with Crippen molar-refractivity contribution in [2.75, 3.05) is 13.1 Å². The molecule has 1 N–H and O–H groups in total. The molecule has 1 saturated heterocycles. The second kappa shape index (κ2) is 6.98. The van der Waals surface area contributed by atoms with Crippen molar-refractivity contribution in [3.05, 3.63) is 46.0 Å². The molecule has 1 aliphatic heterocycles. The smallest absolute Gasteiger partial charge is 0.339 e. The third kappa shape index (κ3) is 3.13. The Hall–Kier alpha value is -2.97. The van der Waals surface area contributed by atoms with Crippen LogP contribution in [0.2, 0.25) is 0 Å². The molecule has 3 aromatic rings. The van der Waals surface area contributed by atoms with E-state index in [1.807, 2.05) is 24.8 Å². The van der Waals surface area contributed by atoms with Crippen LogP contribution in [0.3, 0.4) is 0 Å². The van der Waals surface area contributed by atoms with Crippen molar-refractivity contribution in [1.29, 1.82) is 0 Å². The fourth-order valence-electron chi connectivity index (χ4n) is 3.80. The zero-order valence-corrected chi connectivity index (χ0v) is 15.6. The van der Waals surface area contributed by atoms with Gasteiger partial charge in [-0.1, -0.05) is 0 Å². The number of rotatable bonds is 4. The average molecular weight is 369 g/mol. The van der Waals surface area contributed by atoms with Gasteiger partial charge < -0.3 is 4.90 Å². The van der Waals surface area contributed by atoms with Gasteiger partial charge in [0.25, 0.3) is 5.91 Å². The molecule has 142 valence electrons. The van der Waals surface area contributed by atoms with E-state index in [1.54, 1.807) is 21.5 Å². The summed E-state index contributed by atoms with van der Waals surface area (Å²) in [5.74, 6) is 1.22. The SMILES string of the molecule is CCn1c(CC2CCN(C(=O)c3cnc4ccnn4c3C)CC2)n[nH]c1=O. The number of fused-ring (bicyclic) bond motifs is 1. The van der Waals surface area contributed by atoms with Crippen LogP contribution in [0.5, 0.6) is 0 Å². The maximum atomic E-state index is 12.9. The van der Waals surface area contributed by atoms with Gasteiger partial charge in [0.15, 0.2) is 5.65 Å². The third-order valence-electron chi connectivity index (χ3n) is 5.41. The molecule has 27 heavy (non-hydrogen) atoms. The number of hydrogen-bond donors (Lipinski definition) is 1. The predicted molar refractivity (Wildman–Crippen MR) is 98.6 cm³/mol. The number of aryl methyl sites for hydroxylation is 1. The molecule has 1 amide bonds. The largest absolute Gasteiger partial charge is 0.343 e. The lowest BCUT2D eigenvalue weighted by atomic mass is 9.93. The highest BCUT2D eigenvalue weighted by Crippen LogP contribution is 2.22. The second-order valence-corrected chi connectivity index (χ2v) is 6.99. The van der Waals surface area contributed by atoms with Gasteiger partial charge in [0.05, 0.1) is 17.5 Å². The van der Waals surface area contributed by atoms with E-state index in [1.165, 1.54) is 0 Å². The fourth-order valence-corrected chi connectivity index (χ4v) is 3.80. The maximum absolute atomic E-state index is 12.9. The Morgan fingerprint density at radius 1 is 1.33 bits per heavy atom. The molecule has 3 aromatic heterocycles. The summed E-state index contributed by atoms with van der Waals surface area (Å²) in [5, 5.41) is 10.9. The van der Waals surface area contributed by atoms with E-state index in [4.69, 9.17) is 0 Å². The molecule has 0 aliphatic carbocycles. The Morgan fingerprint density at radius 3 is 2.85 bits per heavy atom. The Balaban J connectivity index is 1.43. The fraction of sp³-hybridized carbons (Fsp3) is 0.500. The summed E-state index contributed by atoms with van der Waals surface area (Å²) in [7, 11) is 0. The molecular formula is C18H23N7O2. The van der Waals surface area contributed by atoms with E-state index in [0.717, 1.165) is 36.4 Å². The summed E-state index contributed by atoms with van der Waals surface area (Å²) in [4.78, 5) is 30.8. The van der Waals surface area contributed by atoms with E-state index in [2.05, 4.69) is 20.3 Å². The van der Waals surface area contributed by atoms with Crippen molar-refractivity contribution in [3.8, 4) is 0 Å². The molecular weight excluding hydrogens is 346 g/mol. The summed E-state index contributed by atoms with van der Waals surface area (Å²) in [6.45, 7) is 5.84. The number of piperidine rings is 1. The van der Waals surface area contributed by atoms with Gasteiger partial charge in [-0.3, -0.25) is 9.36 Å². The van der Waals surface area contributed by atoms with Crippen LogP contribution >= 0.6 is 0 Å². The van der Waals surface area contributed by atoms with Crippen LogP contribution in [-0.4, -0.2) is 53.3 Å². The molecule has 0 spiro atoms. The first-order valence-corrected chi connectivity index (χ1v) is 9.31. The lowest BCUT2D eigenvalue weighted by Gasteiger charge is -2.32. The maximum Gasteiger partial charge on any atom is 0.343 e. The van der Waals surface area contributed by atoms with Gasteiger partial charge in [0.1, 0.15) is 5.82 Å².